The van der Waals surface area contributed by atoms with Crippen molar-refractivity contribution in [1.29, 1.82) is 0 Å². The zero-order valence-corrected chi connectivity index (χ0v) is 9.85. The summed E-state index contributed by atoms with van der Waals surface area (Å²) in [6, 6.07) is 6.66. The molecular formula is C14H16FN3O. The molecule has 0 fully saturated rings. The molecule has 0 aromatic carbocycles. The van der Waals surface area contributed by atoms with Gasteiger partial charge in [0, 0.05) is 5.69 Å². The van der Waals surface area contributed by atoms with E-state index in [-0.39, 0.29) is 13.0 Å². The molecule has 5 heteroatoms. The van der Waals surface area contributed by atoms with Gasteiger partial charge in [0.25, 0.3) is 0 Å². The molecule has 0 atom stereocenters. The van der Waals surface area contributed by atoms with Crippen molar-refractivity contribution in [2.24, 2.45) is 0 Å². The van der Waals surface area contributed by atoms with Gasteiger partial charge in [-0.05, 0) is 30.7 Å². The molecule has 0 unspecified atom stereocenters. The Bertz CT molecular complexity index is 555. The van der Waals surface area contributed by atoms with Gasteiger partial charge in [-0.25, -0.2) is 4.98 Å². The zero-order chi connectivity index (χ0) is 13.0. The summed E-state index contributed by atoms with van der Waals surface area (Å²) >= 11 is 0. The smallest absolute Gasteiger partial charge is 0.225 e. The Morgan fingerprint density at radius 1 is 1.32 bits per heavy atom. The van der Waals surface area contributed by atoms with Crippen LogP contribution in [-0.2, 0) is 6.42 Å². The number of carbonyl (C=O) groups is 1. The fraction of sp³-hybridized carbons (Fsp3) is 0.214. The molecule has 0 saturated heterocycles. The predicted octanol–water partition coefficient (Wildman–Crippen LogP) is 3.37. The van der Waals surface area contributed by atoms with Gasteiger partial charge in [-0.3, -0.25) is 9.78 Å². The van der Waals surface area contributed by atoms with Gasteiger partial charge in [-0.15, -0.1) is 0 Å². The normalized spacial score (nSPS) is 9.58. The predicted molar refractivity (Wildman–Crippen MR) is 73.2 cm³/mol. The van der Waals surface area contributed by atoms with Gasteiger partial charge in [0.1, 0.15) is 5.82 Å². The van der Waals surface area contributed by atoms with Crippen molar-refractivity contribution < 1.29 is 9.18 Å². The Kier molecular flexibility index (Phi) is 5.11. The molecule has 0 spiro atoms. The van der Waals surface area contributed by atoms with Crippen LogP contribution < -0.4 is 5.32 Å². The number of hydrogen-bond acceptors (Lipinski definition) is 4. The average Bonchev–Trinajstić information content (AvgIpc) is 2.40. The quantitative estimate of drug-likeness (QED) is 0.677. The number of anilines is 2. The van der Waals surface area contributed by atoms with Gasteiger partial charge in [0.2, 0.25) is 5.95 Å². The molecule has 2 heterocycles. The molecule has 0 bridgehead atoms. The number of aryl methyl sites for hydroxylation is 1. The van der Waals surface area contributed by atoms with E-state index in [1.807, 2.05) is 19.1 Å². The maximum Gasteiger partial charge on any atom is 0.225 e. The van der Waals surface area contributed by atoms with Crippen LogP contribution in [0.1, 0.15) is 30.4 Å². The Balaban J connectivity index is 0.00000180. The number of pyridine rings is 2. The SMILES string of the molecule is C.CCc1ccc(Nc2ccc(C=O)c(F)n2)cn1. The fourth-order valence-corrected chi connectivity index (χ4v) is 1.46. The standard InChI is InChI=1S/C13H12FN3O.CH4/c1-2-10-4-5-11(7-15-10)16-12-6-3-9(8-18)13(14)17-12;/h3-8H,2H2,1H3,(H,16,17);1H4. The monoisotopic (exact) mass is 261 g/mol. The third kappa shape index (κ3) is 3.58. The summed E-state index contributed by atoms with van der Waals surface area (Å²) in [5, 5.41) is 2.92. The lowest BCUT2D eigenvalue weighted by Gasteiger charge is -2.06. The van der Waals surface area contributed by atoms with Crippen molar-refractivity contribution >= 4 is 17.8 Å². The highest BCUT2D eigenvalue weighted by atomic mass is 19.1. The van der Waals surface area contributed by atoms with Gasteiger partial charge in [-0.2, -0.15) is 4.39 Å². The fourth-order valence-electron chi connectivity index (χ4n) is 1.46. The van der Waals surface area contributed by atoms with E-state index in [1.54, 1.807) is 12.3 Å². The van der Waals surface area contributed by atoms with Crippen molar-refractivity contribution in [2.45, 2.75) is 20.8 Å². The molecular weight excluding hydrogens is 245 g/mol. The van der Waals surface area contributed by atoms with Crippen LogP contribution in [0.25, 0.3) is 0 Å². The van der Waals surface area contributed by atoms with Gasteiger partial charge in [-0.1, -0.05) is 14.4 Å². The highest BCUT2D eigenvalue weighted by Crippen LogP contribution is 2.15. The molecule has 1 N–H and O–H groups in total. The highest BCUT2D eigenvalue weighted by Gasteiger charge is 2.04. The molecule has 0 aliphatic heterocycles. The van der Waals surface area contributed by atoms with Crippen molar-refractivity contribution in [3.63, 3.8) is 0 Å². The summed E-state index contributed by atoms with van der Waals surface area (Å²) in [5.41, 5.74) is 1.65. The van der Waals surface area contributed by atoms with Crippen molar-refractivity contribution in [3.05, 3.63) is 47.7 Å². The van der Waals surface area contributed by atoms with Crippen LogP contribution in [0.4, 0.5) is 15.9 Å². The van der Waals surface area contributed by atoms with Crippen molar-refractivity contribution in [3.8, 4) is 0 Å². The van der Waals surface area contributed by atoms with Crippen LogP contribution in [0.15, 0.2) is 30.5 Å². The van der Waals surface area contributed by atoms with E-state index in [0.29, 0.717) is 12.1 Å². The number of carbonyl (C=O) groups excluding carboxylic acids is 1. The molecule has 19 heavy (non-hydrogen) atoms. The van der Waals surface area contributed by atoms with E-state index in [0.717, 1.165) is 17.8 Å². The van der Waals surface area contributed by atoms with E-state index >= 15 is 0 Å². The topological polar surface area (TPSA) is 54.9 Å². The van der Waals surface area contributed by atoms with Gasteiger partial charge in [0.15, 0.2) is 6.29 Å². The molecule has 100 valence electrons. The molecule has 2 rings (SSSR count). The first kappa shape index (κ1) is 14.8. The van der Waals surface area contributed by atoms with E-state index in [9.17, 15) is 9.18 Å². The summed E-state index contributed by atoms with van der Waals surface area (Å²) in [6.07, 6.45) is 2.96. The summed E-state index contributed by atoms with van der Waals surface area (Å²) in [4.78, 5) is 18.3. The lowest BCUT2D eigenvalue weighted by Crippen LogP contribution is -1.99. The van der Waals surface area contributed by atoms with Crippen molar-refractivity contribution in [1.82, 2.24) is 9.97 Å². The highest BCUT2D eigenvalue weighted by molar-refractivity contribution is 5.75. The average molecular weight is 261 g/mol. The number of hydrogen-bond donors (Lipinski definition) is 1. The van der Waals surface area contributed by atoms with Crippen LogP contribution in [-0.4, -0.2) is 16.3 Å². The maximum absolute atomic E-state index is 13.3. The van der Waals surface area contributed by atoms with Crippen LogP contribution in [0.3, 0.4) is 0 Å². The Morgan fingerprint density at radius 2 is 2.11 bits per heavy atom. The second-order valence-electron chi connectivity index (χ2n) is 3.71. The molecule has 0 saturated carbocycles. The van der Waals surface area contributed by atoms with Gasteiger partial charge in [0.05, 0.1) is 17.4 Å². The molecule has 0 amide bonds. The summed E-state index contributed by atoms with van der Waals surface area (Å²) in [7, 11) is 0. The summed E-state index contributed by atoms with van der Waals surface area (Å²) < 4.78 is 13.3. The number of halogens is 1. The van der Waals surface area contributed by atoms with Gasteiger partial charge >= 0.3 is 0 Å². The zero-order valence-electron chi connectivity index (χ0n) is 9.85. The minimum absolute atomic E-state index is 0. The Labute approximate surface area is 111 Å². The summed E-state index contributed by atoms with van der Waals surface area (Å²) in [6.45, 7) is 2.02. The molecule has 0 aliphatic carbocycles. The summed E-state index contributed by atoms with van der Waals surface area (Å²) in [5.74, 6) is -0.447. The lowest BCUT2D eigenvalue weighted by molar-refractivity contribution is 0.111. The van der Waals surface area contributed by atoms with Crippen LogP contribution in [0.5, 0.6) is 0 Å². The minimum atomic E-state index is -0.784. The number of rotatable bonds is 4. The van der Waals surface area contributed by atoms with E-state index in [4.69, 9.17) is 0 Å². The molecule has 0 radical (unpaired) electrons. The maximum atomic E-state index is 13.3. The molecule has 2 aromatic heterocycles. The number of aromatic nitrogens is 2. The largest absolute Gasteiger partial charge is 0.339 e. The van der Waals surface area contributed by atoms with E-state index in [1.165, 1.54) is 6.07 Å². The first-order valence-electron chi connectivity index (χ1n) is 5.56. The molecule has 2 aromatic rings. The molecule has 0 aliphatic rings. The Morgan fingerprint density at radius 3 is 2.63 bits per heavy atom. The molecule has 4 nitrogen and oxygen atoms in total. The number of nitrogens with zero attached hydrogens (tertiary/aromatic N) is 2. The number of nitrogens with one attached hydrogen (secondary N) is 1. The second-order valence-corrected chi connectivity index (χ2v) is 3.71. The van der Waals surface area contributed by atoms with E-state index in [2.05, 4.69) is 15.3 Å². The van der Waals surface area contributed by atoms with E-state index < -0.39 is 5.95 Å². The van der Waals surface area contributed by atoms with Crippen LogP contribution in [0.2, 0.25) is 0 Å². The second kappa shape index (κ2) is 6.58. The lowest BCUT2D eigenvalue weighted by atomic mass is 10.2. The van der Waals surface area contributed by atoms with Crippen LogP contribution >= 0.6 is 0 Å². The van der Waals surface area contributed by atoms with Crippen LogP contribution in [0, 0.1) is 5.95 Å². The first-order valence-corrected chi connectivity index (χ1v) is 5.56. The van der Waals surface area contributed by atoms with Gasteiger partial charge < -0.3 is 5.32 Å². The van der Waals surface area contributed by atoms with Crippen molar-refractivity contribution in [2.75, 3.05) is 5.32 Å². The number of aldehydes is 1. The first-order chi connectivity index (χ1) is 8.72. The Hall–Kier alpha value is -2.30. The third-order valence-electron chi connectivity index (χ3n) is 2.46. The minimum Gasteiger partial charge on any atom is -0.339 e. The third-order valence-corrected chi connectivity index (χ3v) is 2.46.